The Morgan fingerprint density at radius 2 is 2.00 bits per heavy atom. The van der Waals surface area contributed by atoms with Gasteiger partial charge in [-0.1, -0.05) is 18.2 Å². The molecule has 0 heterocycles. The zero-order valence-electron chi connectivity index (χ0n) is 6.88. The number of aliphatic hydroxyl groups is 1. The molecule has 0 aliphatic carbocycles. The maximum Gasteiger partial charge on any atom is 0.319 e. The normalized spacial score (nSPS) is 12.4. The second kappa shape index (κ2) is 4.89. The minimum absolute atomic E-state index is 0.352. The molecule has 0 bridgehead atoms. The van der Waals surface area contributed by atoms with Gasteiger partial charge in [-0.25, -0.2) is 0 Å². The highest BCUT2D eigenvalue weighted by Gasteiger charge is 2.16. The molecule has 3 nitrogen and oxygen atoms in total. The third-order valence-corrected chi connectivity index (χ3v) is 2.64. The Labute approximate surface area is 80.4 Å². The second-order valence-electron chi connectivity index (χ2n) is 2.44. The zero-order chi connectivity index (χ0) is 9.68. The van der Waals surface area contributed by atoms with Crippen molar-refractivity contribution >= 4 is 17.7 Å². The van der Waals surface area contributed by atoms with Gasteiger partial charge < -0.3 is 10.2 Å². The second-order valence-corrected chi connectivity index (χ2v) is 3.72. The molecule has 1 aromatic rings. The predicted octanol–water partition coefficient (Wildman–Crippen LogP) is 1.22. The molecule has 0 saturated heterocycles. The van der Waals surface area contributed by atoms with Crippen molar-refractivity contribution in [2.45, 2.75) is 10.1 Å². The van der Waals surface area contributed by atoms with Crippen LogP contribution in [0.3, 0.4) is 0 Å². The Kier molecular flexibility index (Phi) is 3.79. The van der Waals surface area contributed by atoms with E-state index in [0.29, 0.717) is 0 Å². The molecule has 1 aromatic carbocycles. The van der Waals surface area contributed by atoms with Crippen molar-refractivity contribution in [3.63, 3.8) is 0 Å². The van der Waals surface area contributed by atoms with E-state index in [1.165, 1.54) is 0 Å². The minimum Gasteiger partial charge on any atom is -0.480 e. The topological polar surface area (TPSA) is 57.5 Å². The van der Waals surface area contributed by atoms with Crippen LogP contribution >= 0.6 is 11.8 Å². The number of thioether (sulfide) groups is 1. The summed E-state index contributed by atoms with van der Waals surface area (Å²) in [4.78, 5) is 11.4. The molecule has 4 heteroatoms. The van der Waals surface area contributed by atoms with Gasteiger partial charge in [-0.15, -0.1) is 11.8 Å². The lowest BCUT2D eigenvalue weighted by atomic mass is 10.4. The largest absolute Gasteiger partial charge is 0.480 e. The molecule has 0 aliphatic rings. The monoisotopic (exact) mass is 198 g/mol. The van der Waals surface area contributed by atoms with E-state index in [4.69, 9.17) is 10.2 Å². The van der Waals surface area contributed by atoms with Crippen molar-refractivity contribution in [3.05, 3.63) is 30.3 Å². The molecular formula is C9H10O3S. The van der Waals surface area contributed by atoms with Crippen molar-refractivity contribution in [2.75, 3.05) is 6.61 Å². The van der Waals surface area contributed by atoms with E-state index >= 15 is 0 Å². The molecule has 0 aliphatic heterocycles. The van der Waals surface area contributed by atoms with E-state index < -0.39 is 11.2 Å². The van der Waals surface area contributed by atoms with Crippen molar-refractivity contribution in [2.24, 2.45) is 0 Å². The van der Waals surface area contributed by atoms with Gasteiger partial charge in [0.2, 0.25) is 0 Å². The highest BCUT2D eigenvalue weighted by molar-refractivity contribution is 8.00. The van der Waals surface area contributed by atoms with Crippen LogP contribution in [0.5, 0.6) is 0 Å². The van der Waals surface area contributed by atoms with Crippen LogP contribution < -0.4 is 0 Å². The molecule has 1 atom stereocenters. The van der Waals surface area contributed by atoms with Crippen LogP contribution in [-0.2, 0) is 4.79 Å². The summed E-state index contributed by atoms with van der Waals surface area (Å²) in [5.74, 6) is -0.989. The van der Waals surface area contributed by atoms with Gasteiger partial charge in [0.05, 0.1) is 6.61 Å². The summed E-state index contributed by atoms with van der Waals surface area (Å²) in [7, 11) is 0. The molecule has 0 amide bonds. The quantitative estimate of drug-likeness (QED) is 0.714. The highest BCUT2D eigenvalue weighted by Crippen LogP contribution is 2.22. The van der Waals surface area contributed by atoms with Crippen LogP contribution in [0, 0.1) is 0 Å². The number of rotatable bonds is 4. The molecule has 2 N–H and O–H groups in total. The van der Waals surface area contributed by atoms with Crippen LogP contribution in [0.4, 0.5) is 0 Å². The van der Waals surface area contributed by atoms with E-state index in [0.717, 1.165) is 16.7 Å². The molecule has 0 fully saturated rings. The van der Waals surface area contributed by atoms with E-state index in [1.807, 2.05) is 30.3 Å². The third kappa shape index (κ3) is 3.08. The average molecular weight is 198 g/mol. The molecule has 0 radical (unpaired) electrons. The number of aliphatic carboxylic acids is 1. The summed E-state index contributed by atoms with van der Waals surface area (Å²) in [6.45, 7) is -0.352. The molecule has 0 spiro atoms. The third-order valence-electron chi connectivity index (χ3n) is 1.46. The smallest absolute Gasteiger partial charge is 0.319 e. The number of aliphatic hydroxyl groups excluding tert-OH is 1. The summed E-state index contributed by atoms with van der Waals surface area (Å²) in [5, 5.41) is 16.6. The maximum absolute atomic E-state index is 10.6. The number of hydrogen-bond donors (Lipinski definition) is 2. The Balaban J connectivity index is 2.62. The summed E-state index contributed by atoms with van der Waals surface area (Å²) < 4.78 is 0. The molecule has 1 unspecified atom stereocenters. The number of carboxylic acid groups (broad SMARTS) is 1. The van der Waals surface area contributed by atoms with E-state index in [2.05, 4.69) is 0 Å². The van der Waals surface area contributed by atoms with Gasteiger partial charge in [0.25, 0.3) is 0 Å². The first kappa shape index (κ1) is 10.1. The molecular weight excluding hydrogens is 188 g/mol. The fraction of sp³-hybridized carbons (Fsp3) is 0.222. The van der Waals surface area contributed by atoms with Gasteiger partial charge >= 0.3 is 5.97 Å². The predicted molar refractivity (Wildman–Crippen MR) is 50.8 cm³/mol. The van der Waals surface area contributed by atoms with Gasteiger partial charge in [0.15, 0.2) is 0 Å². The lowest BCUT2D eigenvalue weighted by molar-refractivity contribution is -0.137. The first-order chi connectivity index (χ1) is 6.24. The molecule has 70 valence electrons. The summed E-state index contributed by atoms with van der Waals surface area (Å²) in [5.41, 5.74) is 0. The standard InChI is InChI=1S/C9H10O3S/c10-6-8(9(11)12)13-7-4-2-1-3-5-7/h1-5,8,10H,6H2,(H,11,12). The van der Waals surface area contributed by atoms with Crippen molar-refractivity contribution in [3.8, 4) is 0 Å². The van der Waals surface area contributed by atoms with Crippen molar-refractivity contribution in [1.29, 1.82) is 0 Å². The number of carboxylic acids is 1. The average Bonchev–Trinajstić information content (AvgIpc) is 2.15. The molecule has 13 heavy (non-hydrogen) atoms. The lowest BCUT2D eigenvalue weighted by Gasteiger charge is -2.07. The van der Waals surface area contributed by atoms with Crippen LogP contribution in [-0.4, -0.2) is 28.0 Å². The van der Waals surface area contributed by atoms with Crippen LogP contribution in [0.15, 0.2) is 35.2 Å². The van der Waals surface area contributed by atoms with Crippen LogP contribution in [0.2, 0.25) is 0 Å². The van der Waals surface area contributed by atoms with Gasteiger partial charge in [-0.3, -0.25) is 4.79 Å². The van der Waals surface area contributed by atoms with Gasteiger partial charge in [0.1, 0.15) is 5.25 Å². The minimum atomic E-state index is -0.989. The maximum atomic E-state index is 10.6. The Morgan fingerprint density at radius 3 is 2.46 bits per heavy atom. The van der Waals surface area contributed by atoms with E-state index in [9.17, 15) is 4.79 Å². The summed E-state index contributed by atoms with van der Waals surface area (Å²) >= 11 is 1.15. The van der Waals surface area contributed by atoms with Crippen LogP contribution in [0.1, 0.15) is 0 Å². The van der Waals surface area contributed by atoms with Gasteiger partial charge in [-0.05, 0) is 12.1 Å². The van der Waals surface area contributed by atoms with E-state index in [-0.39, 0.29) is 6.61 Å². The lowest BCUT2D eigenvalue weighted by Crippen LogP contribution is -2.20. The SMILES string of the molecule is O=C(O)C(CO)Sc1ccccc1. The Bertz CT molecular complexity index is 273. The molecule has 1 rings (SSSR count). The fourth-order valence-corrected chi connectivity index (χ4v) is 1.65. The Morgan fingerprint density at radius 1 is 1.38 bits per heavy atom. The first-order valence-electron chi connectivity index (χ1n) is 3.79. The summed E-state index contributed by atoms with van der Waals surface area (Å²) in [6.07, 6.45) is 0. The van der Waals surface area contributed by atoms with Crippen molar-refractivity contribution < 1.29 is 15.0 Å². The zero-order valence-corrected chi connectivity index (χ0v) is 7.70. The number of hydrogen-bond acceptors (Lipinski definition) is 3. The molecule has 0 saturated carbocycles. The Hall–Kier alpha value is -1.00. The van der Waals surface area contributed by atoms with Gasteiger partial charge in [0, 0.05) is 4.90 Å². The summed E-state index contributed by atoms with van der Waals surface area (Å²) in [6, 6.07) is 9.16. The number of carbonyl (C=O) groups is 1. The fourth-order valence-electron chi connectivity index (χ4n) is 0.829. The highest BCUT2D eigenvalue weighted by atomic mass is 32.2. The number of benzene rings is 1. The van der Waals surface area contributed by atoms with E-state index in [1.54, 1.807) is 0 Å². The van der Waals surface area contributed by atoms with Gasteiger partial charge in [-0.2, -0.15) is 0 Å². The first-order valence-corrected chi connectivity index (χ1v) is 4.67. The van der Waals surface area contributed by atoms with Crippen LogP contribution in [0.25, 0.3) is 0 Å². The molecule has 0 aromatic heterocycles. The van der Waals surface area contributed by atoms with Crippen molar-refractivity contribution in [1.82, 2.24) is 0 Å².